The van der Waals surface area contributed by atoms with Crippen molar-refractivity contribution in [3.05, 3.63) is 309 Å². The summed E-state index contributed by atoms with van der Waals surface area (Å²) in [6.07, 6.45) is 0. The van der Waals surface area contributed by atoms with E-state index in [1.807, 2.05) is 0 Å². The van der Waals surface area contributed by atoms with Crippen molar-refractivity contribution in [1.29, 1.82) is 0 Å². The molecule has 0 heterocycles. The third-order valence-corrected chi connectivity index (χ3v) is 14.7. The van der Waals surface area contributed by atoms with Crippen LogP contribution >= 0.6 is 0 Å². The molecule has 1 heteroatoms. The molecule has 13 aromatic rings. The van der Waals surface area contributed by atoms with Gasteiger partial charge in [-0.05, 0) is 147 Å². The zero-order valence-corrected chi connectivity index (χ0v) is 41.4. The summed E-state index contributed by atoms with van der Waals surface area (Å²) >= 11 is 0. The molecule has 0 fully saturated rings. The summed E-state index contributed by atoms with van der Waals surface area (Å²) in [5.41, 5.74) is 22.2. The molecule has 0 aliphatic rings. The lowest BCUT2D eigenvalue weighted by molar-refractivity contribution is 1.28. The molecule has 0 radical (unpaired) electrons. The molecule has 0 saturated carbocycles. The standard InChI is InChI=1S/C74H51N/c1-7-22-52(23-8-1)61-44-47-71(70(51-61)57-28-13-4-14-29-57)75(65-49-62(53-24-9-2-10-25-53)48-63(50-65)54-26-11-3-12-27-54)64-45-42-56(43-46-64)55-38-40-58(41-39-55)66-36-21-37-69-67-34-19-20-35-68(67)72(59-30-15-5-16-31-59)73(74(66)69)60-32-17-6-18-33-60/h1-51H. The molecule has 0 atom stereocenters. The Bertz CT molecular complexity index is 4040. The Hall–Kier alpha value is -9.82. The molecule has 13 aromatic carbocycles. The molecule has 0 N–H and O–H groups in total. The van der Waals surface area contributed by atoms with Gasteiger partial charge in [-0.3, -0.25) is 0 Å². The first kappa shape index (κ1) is 45.1. The Balaban J connectivity index is 0.952. The van der Waals surface area contributed by atoms with E-state index in [0.717, 1.165) is 50.4 Å². The molecule has 0 bridgehead atoms. The van der Waals surface area contributed by atoms with Crippen molar-refractivity contribution in [2.24, 2.45) is 0 Å². The van der Waals surface area contributed by atoms with Crippen molar-refractivity contribution in [2.75, 3.05) is 4.90 Å². The number of anilines is 3. The summed E-state index contributed by atoms with van der Waals surface area (Å²) in [5.74, 6) is 0. The van der Waals surface area contributed by atoms with Gasteiger partial charge in [0.1, 0.15) is 0 Å². The third-order valence-electron chi connectivity index (χ3n) is 14.7. The van der Waals surface area contributed by atoms with Crippen LogP contribution in [0.25, 0.3) is 111 Å². The molecule has 0 amide bonds. The molecule has 0 aromatic heterocycles. The number of benzene rings is 13. The molecule has 0 aliphatic carbocycles. The van der Waals surface area contributed by atoms with E-state index in [-0.39, 0.29) is 0 Å². The van der Waals surface area contributed by atoms with E-state index in [2.05, 4.69) is 314 Å². The van der Waals surface area contributed by atoms with Crippen LogP contribution < -0.4 is 4.90 Å². The number of hydrogen-bond acceptors (Lipinski definition) is 1. The second kappa shape index (κ2) is 20.0. The zero-order chi connectivity index (χ0) is 49.9. The molecular weight excluding hydrogens is 903 g/mol. The Morgan fingerprint density at radius 3 is 1.12 bits per heavy atom. The monoisotopic (exact) mass is 953 g/mol. The summed E-state index contributed by atoms with van der Waals surface area (Å²) in [5, 5.41) is 5.02. The van der Waals surface area contributed by atoms with E-state index in [1.165, 1.54) is 77.2 Å². The maximum Gasteiger partial charge on any atom is 0.0540 e. The van der Waals surface area contributed by atoms with Gasteiger partial charge in [-0.1, -0.05) is 267 Å². The summed E-state index contributed by atoms with van der Waals surface area (Å²) in [7, 11) is 0. The van der Waals surface area contributed by atoms with Gasteiger partial charge in [0, 0.05) is 16.9 Å². The van der Waals surface area contributed by atoms with Crippen molar-refractivity contribution in [2.45, 2.75) is 0 Å². The van der Waals surface area contributed by atoms with Gasteiger partial charge in [0.05, 0.1) is 5.69 Å². The average molecular weight is 954 g/mol. The van der Waals surface area contributed by atoms with Crippen LogP contribution in [0, 0.1) is 0 Å². The minimum atomic E-state index is 1.06. The van der Waals surface area contributed by atoms with Crippen LogP contribution in [-0.4, -0.2) is 0 Å². The Labute approximate surface area is 439 Å². The average Bonchev–Trinajstić information content (AvgIpc) is 3.52. The van der Waals surface area contributed by atoms with Crippen LogP contribution in [0.5, 0.6) is 0 Å². The summed E-state index contributed by atoms with van der Waals surface area (Å²) in [4.78, 5) is 2.45. The highest BCUT2D eigenvalue weighted by molar-refractivity contribution is 6.25. The SMILES string of the molecule is c1ccc(-c2cc(-c3ccccc3)cc(N(c3ccc(-c4ccc(-c5cccc6c5c(-c5ccccc5)c(-c5ccccc5)c5ccccc56)cc4)cc3)c3ccc(-c4ccccc4)cc3-c3ccccc3)c2)cc1. The topological polar surface area (TPSA) is 3.24 Å². The maximum absolute atomic E-state index is 2.45. The van der Waals surface area contributed by atoms with Gasteiger partial charge in [0.15, 0.2) is 0 Å². The van der Waals surface area contributed by atoms with E-state index in [0.29, 0.717) is 0 Å². The molecule has 75 heavy (non-hydrogen) atoms. The molecule has 0 unspecified atom stereocenters. The van der Waals surface area contributed by atoms with E-state index < -0.39 is 0 Å². The van der Waals surface area contributed by atoms with Gasteiger partial charge in [0.2, 0.25) is 0 Å². The quantitative estimate of drug-likeness (QED) is 0.117. The molecule has 13 rings (SSSR count). The second-order valence-corrected chi connectivity index (χ2v) is 19.2. The van der Waals surface area contributed by atoms with Crippen molar-refractivity contribution in [3.63, 3.8) is 0 Å². The van der Waals surface area contributed by atoms with Crippen molar-refractivity contribution in [3.8, 4) is 89.0 Å². The fraction of sp³-hybridized carbons (Fsp3) is 0. The highest BCUT2D eigenvalue weighted by Gasteiger charge is 2.23. The fourth-order valence-corrected chi connectivity index (χ4v) is 11.1. The highest BCUT2D eigenvalue weighted by atomic mass is 15.1. The van der Waals surface area contributed by atoms with Crippen molar-refractivity contribution >= 4 is 38.6 Å². The largest absolute Gasteiger partial charge is 0.310 e. The minimum Gasteiger partial charge on any atom is -0.310 e. The Morgan fingerprint density at radius 2 is 0.573 bits per heavy atom. The molecule has 1 nitrogen and oxygen atoms in total. The minimum absolute atomic E-state index is 1.06. The Morgan fingerprint density at radius 1 is 0.187 bits per heavy atom. The maximum atomic E-state index is 2.45. The first-order valence-electron chi connectivity index (χ1n) is 25.8. The van der Waals surface area contributed by atoms with Gasteiger partial charge < -0.3 is 4.90 Å². The van der Waals surface area contributed by atoms with Crippen LogP contribution in [0.2, 0.25) is 0 Å². The summed E-state index contributed by atoms with van der Waals surface area (Å²) < 4.78 is 0. The lowest BCUT2D eigenvalue weighted by Gasteiger charge is -2.29. The van der Waals surface area contributed by atoms with Gasteiger partial charge in [-0.25, -0.2) is 0 Å². The van der Waals surface area contributed by atoms with E-state index in [9.17, 15) is 0 Å². The van der Waals surface area contributed by atoms with Gasteiger partial charge in [0.25, 0.3) is 0 Å². The van der Waals surface area contributed by atoms with E-state index in [4.69, 9.17) is 0 Å². The summed E-state index contributed by atoms with van der Waals surface area (Å²) in [6.45, 7) is 0. The van der Waals surface area contributed by atoms with Gasteiger partial charge >= 0.3 is 0 Å². The third kappa shape index (κ3) is 8.77. The predicted octanol–water partition coefficient (Wildman–Crippen LogP) is 20.8. The zero-order valence-electron chi connectivity index (χ0n) is 41.4. The molecule has 0 spiro atoms. The van der Waals surface area contributed by atoms with Gasteiger partial charge in [-0.2, -0.15) is 0 Å². The Kier molecular flexibility index (Phi) is 12.0. The highest BCUT2D eigenvalue weighted by Crippen LogP contribution is 2.49. The summed E-state index contributed by atoms with van der Waals surface area (Å²) in [6, 6.07) is 113. The molecule has 0 saturated heterocycles. The smallest absolute Gasteiger partial charge is 0.0540 e. The van der Waals surface area contributed by atoms with Crippen molar-refractivity contribution in [1.82, 2.24) is 0 Å². The van der Waals surface area contributed by atoms with Crippen LogP contribution in [0.15, 0.2) is 309 Å². The van der Waals surface area contributed by atoms with E-state index in [1.54, 1.807) is 0 Å². The number of rotatable bonds is 11. The predicted molar refractivity (Wildman–Crippen MR) is 320 cm³/mol. The lowest BCUT2D eigenvalue weighted by atomic mass is 9.82. The van der Waals surface area contributed by atoms with Crippen LogP contribution in [0.1, 0.15) is 0 Å². The van der Waals surface area contributed by atoms with Gasteiger partial charge in [-0.15, -0.1) is 0 Å². The van der Waals surface area contributed by atoms with E-state index >= 15 is 0 Å². The van der Waals surface area contributed by atoms with Crippen molar-refractivity contribution < 1.29 is 0 Å². The number of hydrogen-bond donors (Lipinski definition) is 0. The molecule has 352 valence electrons. The molecular formula is C74H51N. The lowest BCUT2D eigenvalue weighted by Crippen LogP contribution is -2.12. The number of nitrogens with zero attached hydrogens (tertiary/aromatic N) is 1. The van der Waals surface area contributed by atoms with Crippen LogP contribution in [0.3, 0.4) is 0 Å². The first-order valence-corrected chi connectivity index (χ1v) is 25.8. The second-order valence-electron chi connectivity index (χ2n) is 19.2. The normalized spacial score (nSPS) is 11.2. The first-order chi connectivity index (χ1) is 37.2. The van der Waals surface area contributed by atoms with Crippen LogP contribution in [-0.2, 0) is 0 Å². The fourth-order valence-electron chi connectivity index (χ4n) is 11.1. The molecule has 0 aliphatic heterocycles. The number of fused-ring (bicyclic) bond motifs is 3. The van der Waals surface area contributed by atoms with Crippen LogP contribution in [0.4, 0.5) is 17.1 Å².